The minimum absolute atomic E-state index is 0.117. The van der Waals surface area contributed by atoms with E-state index in [1.165, 1.54) is 12.0 Å². The number of rotatable bonds is 3. The van der Waals surface area contributed by atoms with Crippen LogP contribution in [0.15, 0.2) is 47.1 Å². The molecule has 3 nitrogen and oxygen atoms in total. The summed E-state index contributed by atoms with van der Waals surface area (Å²) in [6, 6.07) is 11.8. The van der Waals surface area contributed by atoms with Gasteiger partial charge in [0.2, 0.25) is 0 Å². The Morgan fingerprint density at radius 2 is 1.96 bits per heavy atom. The average molecular weight is 394 g/mol. The molecule has 0 spiro atoms. The van der Waals surface area contributed by atoms with Gasteiger partial charge in [0, 0.05) is 22.6 Å². The molecule has 1 fully saturated rings. The molecule has 1 aromatic carbocycles. The van der Waals surface area contributed by atoms with Crippen molar-refractivity contribution in [2.75, 3.05) is 0 Å². The van der Waals surface area contributed by atoms with Crippen molar-refractivity contribution < 1.29 is 4.79 Å². The summed E-state index contributed by atoms with van der Waals surface area (Å²) in [7, 11) is 0. The van der Waals surface area contributed by atoms with Gasteiger partial charge in [0.05, 0.1) is 5.56 Å². The van der Waals surface area contributed by atoms with E-state index in [4.69, 9.17) is 11.6 Å². The molecule has 0 radical (unpaired) electrons. The van der Waals surface area contributed by atoms with Gasteiger partial charge in [-0.1, -0.05) is 58.6 Å². The van der Waals surface area contributed by atoms with Gasteiger partial charge in [-0.2, -0.15) is 0 Å². The molecule has 120 valence electrons. The quantitative estimate of drug-likeness (QED) is 0.749. The number of benzene rings is 1. The first kappa shape index (κ1) is 16.5. The predicted octanol–water partition coefficient (Wildman–Crippen LogP) is 4.95. The fraction of sp³-hybridized carbons (Fsp3) is 0.333. The van der Waals surface area contributed by atoms with Crippen molar-refractivity contribution in [2.24, 2.45) is 0 Å². The largest absolute Gasteiger partial charge is 0.349 e. The maximum atomic E-state index is 12.5. The lowest BCUT2D eigenvalue weighted by molar-refractivity contribution is 0.0920. The summed E-state index contributed by atoms with van der Waals surface area (Å²) in [6.45, 7) is 0. The van der Waals surface area contributed by atoms with Crippen LogP contribution in [-0.4, -0.2) is 16.9 Å². The van der Waals surface area contributed by atoms with Gasteiger partial charge in [0.15, 0.2) is 0 Å². The van der Waals surface area contributed by atoms with Crippen molar-refractivity contribution in [3.05, 3.63) is 63.3 Å². The summed E-state index contributed by atoms with van der Waals surface area (Å²) in [4.78, 5) is 16.5. The SMILES string of the molecule is O=C(N[C@@H]1CCCC[C@@H]1c1ccccc1Br)c1cccnc1Cl. The fourth-order valence-corrected chi connectivity index (χ4v) is 4.04. The summed E-state index contributed by atoms with van der Waals surface area (Å²) in [6.07, 6.45) is 5.96. The molecule has 23 heavy (non-hydrogen) atoms. The van der Waals surface area contributed by atoms with E-state index in [9.17, 15) is 4.79 Å². The monoisotopic (exact) mass is 392 g/mol. The normalized spacial score (nSPS) is 21.0. The van der Waals surface area contributed by atoms with Crippen LogP contribution in [0.25, 0.3) is 0 Å². The smallest absolute Gasteiger partial charge is 0.254 e. The standard InChI is InChI=1S/C18H18BrClN2O/c19-15-9-3-1-6-12(15)13-7-2-4-10-16(13)22-18(23)14-8-5-11-21-17(14)20/h1,3,5-6,8-9,11,13,16H,2,4,7,10H2,(H,22,23)/t13-,16-/m1/s1. The molecular formula is C18H18BrClN2O. The van der Waals surface area contributed by atoms with Crippen molar-refractivity contribution in [1.82, 2.24) is 10.3 Å². The van der Waals surface area contributed by atoms with Crippen molar-refractivity contribution in [3.8, 4) is 0 Å². The number of halogens is 2. The number of nitrogens with zero attached hydrogens (tertiary/aromatic N) is 1. The van der Waals surface area contributed by atoms with E-state index < -0.39 is 0 Å². The Bertz CT molecular complexity index is 707. The first-order valence-electron chi connectivity index (χ1n) is 7.82. The molecule has 3 rings (SSSR count). The lowest BCUT2D eigenvalue weighted by Crippen LogP contribution is -2.41. The highest BCUT2D eigenvalue weighted by molar-refractivity contribution is 9.10. The van der Waals surface area contributed by atoms with Crippen LogP contribution in [0.4, 0.5) is 0 Å². The second kappa shape index (κ2) is 7.45. The highest BCUT2D eigenvalue weighted by Crippen LogP contribution is 2.36. The Hall–Kier alpha value is -1.39. The number of nitrogens with one attached hydrogen (secondary N) is 1. The zero-order valence-electron chi connectivity index (χ0n) is 12.6. The molecule has 1 aliphatic rings. The summed E-state index contributed by atoms with van der Waals surface area (Å²) in [5.74, 6) is 0.172. The molecule has 2 atom stereocenters. The van der Waals surface area contributed by atoms with Crippen LogP contribution in [0.5, 0.6) is 0 Å². The summed E-state index contributed by atoms with van der Waals surface area (Å²) < 4.78 is 1.10. The zero-order chi connectivity index (χ0) is 16.2. The molecule has 0 unspecified atom stereocenters. The Balaban J connectivity index is 1.81. The number of pyridine rings is 1. The molecule has 2 aromatic rings. The number of hydrogen-bond acceptors (Lipinski definition) is 2. The lowest BCUT2D eigenvalue weighted by atomic mass is 9.80. The highest BCUT2D eigenvalue weighted by atomic mass is 79.9. The van der Waals surface area contributed by atoms with Gasteiger partial charge in [-0.25, -0.2) is 4.98 Å². The number of hydrogen-bond donors (Lipinski definition) is 1. The van der Waals surface area contributed by atoms with Crippen molar-refractivity contribution in [2.45, 2.75) is 37.6 Å². The van der Waals surface area contributed by atoms with Crippen LogP contribution in [0.2, 0.25) is 5.15 Å². The average Bonchev–Trinajstić information content (AvgIpc) is 2.56. The van der Waals surface area contributed by atoms with E-state index in [0.29, 0.717) is 11.5 Å². The number of amides is 1. The third kappa shape index (κ3) is 3.75. The molecule has 0 bridgehead atoms. The van der Waals surface area contributed by atoms with Gasteiger partial charge in [-0.15, -0.1) is 0 Å². The summed E-state index contributed by atoms with van der Waals surface area (Å²) in [5, 5.41) is 3.42. The molecule has 1 saturated carbocycles. The second-order valence-electron chi connectivity index (χ2n) is 5.83. The Kier molecular flexibility index (Phi) is 5.34. The predicted molar refractivity (Wildman–Crippen MR) is 95.9 cm³/mol. The zero-order valence-corrected chi connectivity index (χ0v) is 15.0. The molecule has 0 aliphatic heterocycles. The number of carbonyl (C=O) groups excluding carboxylic acids is 1. The van der Waals surface area contributed by atoms with Crippen molar-refractivity contribution in [1.29, 1.82) is 0 Å². The van der Waals surface area contributed by atoms with Crippen LogP contribution < -0.4 is 5.32 Å². The molecule has 1 amide bonds. The van der Waals surface area contributed by atoms with E-state index in [1.54, 1.807) is 18.3 Å². The van der Waals surface area contributed by atoms with E-state index in [0.717, 1.165) is 23.7 Å². The Labute approximate surface area is 149 Å². The summed E-state index contributed by atoms with van der Waals surface area (Å²) >= 11 is 9.67. The van der Waals surface area contributed by atoms with Crippen LogP contribution in [0, 0.1) is 0 Å². The maximum absolute atomic E-state index is 12.5. The molecule has 0 saturated heterocycles. The van der Waals surface area contributed by atoms with Crippen molar-refractivity contribution in [3.63, 3.8) is 0 Å². The number of carbonyl (C=O) groups is 1. The summed E-state index contributed by atoms with van der Waals surface area (Å²) in [5.41, 5.74) is 1.69. The van der Waals surface area contributed by atoms with Gasteiger partial charge in [0.25, 0.3) is 5.91 Å². The third-order valence-electron chi connectivity index (χ3n) is 4.39. The van der Waals surface area contributed by atoms with Crippen molar-refractivity contribution >= 4 is 33.4 Å². The minimum atomic E-state index is -0.146. The van der Waals surface area contributed by atoms with Crippen LogP contribution in [0.3, 0.4) is 0 Å². The van der Waals surface area contributed by atoms with Gasteiger partial charge in [-0.05, 0) is 36.6 Å². The first-order chi connectivity index (χ1) is 11.2. The molecule has 1 N–H and O–H groups in total. The van der Waals surface area contributed by atoms with Gasteiger partial charge < -0.3 is 5.32 Å². The topological polar surface area (TPSA) is 42.0 Å². The molecule has 1 aliphatic carbocycles. The van der Waals surface area contributed by atoms with Gasteiger partial charge in [-0.3, -0.25) is 4.79 Å². The Morgan fingerprint density at radius 3 is 2.74 bits per heavy atom. The molecular weight excluding hydrogens is 376 g/mol. The second-order valence-corrected chi connectivity index (χ2v) is 7.05. The molecule has 1 heterocycles. The van der Waals surface area contributed by atoms with E-state index >= 15 is 0 Å². The third-order valence-corrected chi connectivity index (χ3v) is 5.41. The number of aromatic nitrogens is 1. The minimum Gasteiger partial charge on any atom is -0.349 e. The Morgan fingerprint density at radius 1 is 1.17 bits per heavy atom. The maximum Gasteiger partial charge on any atom is 0.254 e. The highest BCUT2D eigenvalue weighted by Gasteiger charge is 2.29. The lowest BCUT2D eigenvalue weighted by Gasteiger charge is -2.33. The fourth-order valence-electron chi connectivity index (χ4n) is 3.25. The van der Waals surface area contributed by atoms with E-state index in [-0.39, 0.29) is 17.1 Å². The van der Waals surface area contributed by atoms with Gasteiger partial charge >= 0.3 is 0 Å². The van der Waals surface area contributed by atoms with Crippen LogP contribution in [-0.2, 0) is 0 Å². The van der Waals surface area contributed by atoms with Gasteiger partial charge in [0.1, 0.15) is 5.15 Å². The first-order valence-corrected chi connectivity index (χ1v) is 8.99. The van der Waals surface area contributed by atoms with E-state index in [2.05, 4.69) is 38.4 Å². The molecule has 5 heteroatoms. The van der Waals surface area contributed by atoms with Crippen LogP contribution in [0.1, 0.15) is 47.5 Å². The van der Waals surface area contributed by atoms with E-state index in [1.807, 2.05) is 12.1 Å². The molecule has 1 aromatic heterocycles. The van der Waals surface area contributed by atoms with Crippen LogP contribution >= 0.6 is 27.5 Å².